The molecule has 0 unspecified atom stereocenters. The average Bonchev–Trinajstić information content (AvgIpc) is 2.82. The smallest absolute Gasteiger partial charge is 0.253 e. The maximum absolute atomic E-state index is 12.9. The topological polar surface area (TPSA) is 67.8 Å². The van der Waals surface area contributed by atoms with Gasteiger partial charge in [-0.1, -0.05) is 17.2 Å². The lowest BCUT2D eigenvalue weighted by Gasteiger charge is -2.35. The van der Waals surface area contributed by atoms with Crippen molar-refractivity contribution in [3.05, 3.63) is 65.2 Å². The van der Waals surface area contributed by atoms with Crippen molar-refractivity contribution in [1.82, 2.24) is 15.1 Å². The lowest BCUT2D eigenvalue weighted by molar-refractivity contribution is 0.0746. The molecule has 1 fully saturated rings. The van der Waals surface area contributed by atoms with E-state index >= 15 is 0 Å². The predicted octanol–water partition coefficient (Wildman–Crippen LogP) is 3.74. The van der Waals surface area contributed by atoms with E-state index in [1.54, 1.807) is 14.2 Å². The van der Waals surface area contributed by atoms with Gasteiger partial charge in [0.05, 0.1) is 19.9 Å². The third-order valence-corrected chi connectivity index (χ3v) is 5.69. The zero-order chi connectivity index (χ0) is 22.7. The third-order valence-electron chi connectivity index (χ3n) is 5.69. The number of methoxy groups -OCH3 is 2. The fraction of sp³-hybridized carbons (Fsp3) is 0.320. The van der Waals surface area contributed by atoms with Crippen molar-refractivity contribution in [3.63, 3.8) is 0 Å². The van der Waals surface area contributed by atoms with E-state index in [0.717, 1.165) is 33.8 Å². The summed E-state index contributed by atoms with van der Waals surface area (Å²) in [6.07, 6.45) is 0. The minimum Gasteiger partial charge on any atom is -0.497 e. The van der Waals surface area contributed by atoms with Gasteiger partial charge in [0.25, 0.3) is 5.91 Å². The van der Waals surface area contributed by atoms with Gasteiger partial charge in [-0.2, -0.15) is 0 Å². The summed E-state index contributed by atoms with van der Waals surface area (Å²) < 4.78 is 10.8. The zero-order valence-electron chi connectivity index (χ0n) is 19.0. The Bertz CT molecular complexity index is 1090. The number of benzene rings is 2. The molecule has 1 aliphatic heterocycles. The second-order valence-electron chi connectivity index (χ2n) is 8.00. The Morgan fingerprint density at radius 2 is 1.56 bits per heavy atom. The highest BCUT2D eigenvalue weighted by atomic mass is 16.5. The minimum absolute atomic E-state index is 0.0861. The molecule has 1 saturated heterocycles. The van der Waals surface area contributed by atoms with Crippen LogP contribution in [0.5, 0.6) is 11.5 Å². The molecule has 1 aromatic heterocycles. The fourth-order valence-corrected chi connectivity index (χ4v) is 4.07. The van der Waals surface area contributed by atoms with Crippen LogP contribution < -0.4 is 14.4 Å². The number of hydrogen-bond donors (Lipinski definition) is 0. The van der Waals surface area contributed by atoms with E-state index < -0.39 is 0 Å². The number of anilines is 1. The predicted molar refractivity (Wildman–Crippen MR) is 125 cm³/mol. The number of carbonyl (C=O) groups is 1. The molecule has 7 heteroatoms. The molecule has 0 N–H and O–H groups in total. The molecule has 0 radical (unpaired) electrons. The number of nitrogens with zero attached hydrogens (tertiary/aromatic N) is 4. The first-order valence-electron chi connectivity index (χ1n) is 10.7. The largest absolute Gasteiger partial charge is 0.497 e. The fourth-order valence-electron chi connectivity index (χ4n) is 4.07. The number of ether oxygens (including phenoxy) is 2. The summed E-state index contributed by atoms with van der Waals surface area (Å²) in [4.78, 5) is 17.0. The van der Waals surface area contributed by atoms with Crippen LogP contribution in [0.4, 0.5) is 5.82 Å². The number of hydrogen-bond acceptors (Lipinski definition) is 6. The Kier molecular flexibility index (Phi) is 6.25. The van der Waals surface area contributed by atoms with E-state index in [4.69, 9.17) is 9.47 Å². The van der Waals surface area contributed by atoms with Crippen molar-refractivity contribution in [2.75, 3.05) is 45.3 Å². The van der Waals surface area contributed by atoms with Gasteiger partial charge in [-0.05, 0) is 56.3 Å². The van der Waals surface area contributed by atoms with E-state index in [9.17, 15) is 4.79 Å². The molecule has 0 spiro atoms. The normalized spacial score (nSPS) is 13.8. The number of carbonyl (C=O) groups excluding carboxylic acids is 1. The Hall–Kier alpha value is -3.61. The average molecular weight is 433 g/mol. The molecule has 3 aromatic rings. The number of aryl methyl sites for hydroxylation is 2. The van der Waals surface area contributed by atoms with E-state index in [2.05, 4.69) is 21.2 Å². The van der Waals surface area contributed by atoms with Crippen molar-refractivity contribution in [2.24, 2.45) is 0 Å². The summed E-state index contributed by atoms with van der Waals surface area (Å²) in [6, 6.07) is 15.5. The molecule has 1 amide bonds. The highest BCUT2D eigenvalue weighted by Gasteiger charge is 2.23. The Balaban J connectivity index is 1.44. The van der Waals surface area contributed by atoms with Gasteiger partial charge in [-0.3, -0.25) is 4.79 Å². The molecule has 166 valence electrons. The molecule has 0 bridgehead atoms. The lowest BCUT2D eigenvalue weighted by atomic mass is 10.1. The molecule has 4 rings (SSSR count). The summed E-state index contributed by atoms with van der Waals surface area (Å²) in [5.74, 6) is 2.33. The highest BCUT2D eigenvalue weighted by molar-refractivity contribution is 5.94. The van der Waals surface area contributed by atoms with Gasteiger partial charge in [-0.25, -0.2) is 0 Å². The van der Waals surface area contributed by atoms with Gasteiger partial charge >= 0.3 is 0 Å². The standard InChI is InChI=1S/C25H28N4O3/c1-17-13-18(2)15-19(14-17)25(30)29-11-9-28(10-12-29)24-8-6-22(26-27-24)21-16-20(31-3)5-7-23(21)32-4/h5-8,13-16H,9-12H2,1-4H3. The van der Waals surface area contributed by atoms with Gasteiger partial charge < -0.3 is 19.3 Å². The number of rotatable bonds is 5. The number of amides is 1. The molecular formula is C25H28N4O3. The van der Waals surface area contributed by atoms with Crippen LogP contribution in [0.25, 0.3) is 11.3 Å². The van der Waals surface area contributed by atoms with Crippen LogP contribution in [-0.2, 0) is 0 Å². The highest BCUT2D eigenvalue weighted by Crippen LogP contribution is 2.32. The molecule has 2 aromatic carbocycles. The zero-order valence-corrected chi connectivity index (χ0v) is 19.0. The first-order chi connectivity index (χ1) is 15.5. The molecular weight excluding hydrogens is 404 g/mol. The van der Waals surface area contributed by atoms with E-state index in [-0.39, 0.29) is 5.91 Å². The van der Waals surface area contributed by atoms with Crippen LogP contribution in [-0.4, -0.2) is 61.4 Å². The Labute approximate surface area is 188 Å². The maximum Gasteiger partial charge on any atom is 0.253 e. The van der Waals surface area contributed by atoms with Crippen LogP contribution in [0.1, 0.15) is 21.5 Å². The lowest BCUT2D eigenvalue weighted by Crippen LogP contribution is -2.49. The van der Waals surface area contributed by atoms with Crippen molar-refractivity contribution in [2.45, 2.75) is 13.8 Å². The van der Waals surface area contributed by atoms with Crippen LogP contribution >= 0.6 is 0 Å². The van der Waals surface area contributed by atoms with Crippen molar-refractivity contribution in [1.29, 1.82) is 0 Å². The first kappa shape index (κ1) is 21.6. The monoisotopic (exact) mass is 432 g/mol. The van der Waals surface area contributed by atoms with Crippen molar-refractivity contribution >= 4 is 11.7 Å². The summed E-state index contributed by atoms with van der Waals surface area (Å²) in [5, 5.41) is 8.86. The third kappa shape index (κ3) is 4.51. The number of piperazine rings is 1. The molecule has 32 heavy (non-hydrogen) atoms. The quantitative estimate of drug-likeness (QED) is 0.612. The van der Waals surface area contributed by atoms with Gasteiger partial charge in [0.1, 0.15) is 11.5 Å². The van der Waals surface area contributed by atoms with E-state index in [1.165, 1.54) is 0 Å². The summed E-state index contributed by atoms with van der Waals surface area (Å²) in [6.45, 7) is 6.77. The van der Waals surface area contributed by atoms with E-state index in [1.807, 2.05) is 61.2 Å². The van der Waals surface area contributed by atoms with Crippen LogP contribution in [0.3, 0.4) is 0 Å². The molecule has 0 atom stereocenters. The second kappa shape index (κ2) is 9.26. The number of aromatic nitrogens is 2. The second-order valence-corrected chi connectivity index (χ2v) is 8.00. The van der Waals surface area contributed by atoms with Crippen molar-refractivity contribution in [3.8, 4) is 22.8 Å². The first-order valence-corrected chi connectivity index (χ1v) is 10.7. The molecule has 0 saturated carbocycles. The van der Waals surface area contributed by atoms with Gasteiger partial charge in [0.15, 0.2) is 5.82 Å². The molecule has 1 aliphatic rings. The van der Waals surface area contributed by atoms with E-state index in [0.29, 0.717) is 37.6 Å². The van der Waals surface area contributed by atoms with Gasteiger partial charge in [0, 0.05) is 37.3 Å². The van der Waals surface area contributed by atoms with Crippen LogP contribution in [0.2, 0.25) is 0 Å². The van der Waals surface area contributed by atoms with Gasteiger partial charge in [0.2, 0.25) is 0 Å². The van der Waals surface area contributed by atoms with Crippen LogP contribution in [0.15, 0.2) is 48.5 Å². The molecule has 0 aliphatic carbocycles. The summed E-state index contributed by atoms with van der Waals surface area (Å²) >= 11 is 0. The summed E-state index contributed by atoms with van der Waals surface area (Å²) in [5.41, 5.74) is 4.51. The van der Waals surface area contributed by atoms with Crippen LogP contribution in [0, 0.1) is 13.8 Å². The minimum atomic E-state index is 0.0861. The molecule has 2 heterocycles. The molecule has 7 nitrogen and oxygen atoms in total. The summed E-state index contributed by atoms with van der Waals surface area (Å²) in [7, 11) is 3.26. The SMILES string of the molecule is COc1ccc(OC)c(-c2ccc(N3CCN(C(=O)c4cc(C)cc(C)c4)CC3)nn2)c1. The van der Waals surface area contributed by atoms with Crippen molar-refractivity contribution < 1.29 is 14.3 Å². The van der Waals surface area contributed by atoms with Gasteiger partial charge in [-0.15, -0.1) is 10.2 Å². The Morgan fingerprint density at radius 3 is 2.16 bits per heavy atom. The maximum atomic E-state index is 12.9. The Morgan fingerprint density at radius 1 is 0.844 bits per heavy atom.